The van der Waals surface area contributed by atoms with Gasteiger partial charge in [0.2, 0.25) is 10.0 Å². The third kappa shape index (κ3) is 4.15. The van der Waals surface area contributed by atoms with Gasteiger partial charge in [-0.15, -0.1) is 0 Å². The highest BCUT2D eigenvalue weighted by atomic mass is 32.2. The summed E-state index contributed by atoms with van der Waals surface area (Å²) in [4.78, 5) is 2.23. The molecule has 0 radical (unpaired) electrons. The Bertz CT molecular complexity index is 379. The summed E-state index contributed by atoms with van der Waals surface area (Å²) in [6.07, 6.45) is 4.05. The molecule has 0 aromatic rings. The van der Waals surface area contributed by atoms with Crippen molar-refractivity contribution in [3.63, 3.8) is 0 Å². The molecule has 1 atom stereocenters. The Morgan fingerprint density at radius 1 is 1.26 bits per heavy atom. The van der Waals surface area contributed by atoms with Crippen LogP contribution in [0.1, 0.15) is 25.7 Å². The summed E-state index contributed by atoms with van der Waals surface area (Å²) in [5, 5.41) is 3.28. The highest BCUT2D eigenvalue weighted by Gasteiger charge is 2.31. The summed E-state index contributed by atoms with van der Waals surface area (Å²) in [5.41, 5.74) is 0. The number of sulfonamides is 1. The first-order valence-corrected chi connectivity index (χ1v) is 8.95. The van der Waals surface area contributed by atoms with Crippen LogP contribution in [0.5, 0.6) is 0 Å². The van der Waals surface area contributed by atoms with Crippen LogP contribution in [0.15, 0.2) is 0 Å². The molecule has 2 aliphatic rings. The Labute approximate surface area is 117 Å². The number of nitrogens with one attached hydrogen (secondary N) is 1. The zero-order valence-electron chi connectivity index (χ0n) is 12.1. The van der Waals surface area contributed by atoms with E-state index in [1.165, 1.54) is 0 Å². The summed E-state index contributed by atoms with van der Waals surface area (Å²) in [5.74, 6) is 0.654. The van der Waals surface area contributed by atoms with E-state index in [4.69, 9.17) is 0 Å². The molecule has 2 heterocycles. The quantitative estimate of drug-likeness (QED) is 0.811. The van der Waals surface area contributed by atoms with Gasteiger partial charge in [-0.25, -0.2) is 12.7 Å². The minimum Gasteiger partial charge on any atom is -0.317 e. The summed E-state index contributed by atoms with van der Waals surface area (Å²) in [6, 6.07) is 0.158. The second-order valence-corrected chi connectivity index (χ2v) is 8.12. The summed E-state index contributed by atoms with van der Waals surface area (Å²) >= 11 is 0. The normalized spacial score (nSPS) is 27.8. The van der Waals surface area contributed by atoms with E-state index in [9.17, 15) is 8.42 Å². The molecule has 2 rings (SSSR count). The first-order valence-electron chi connectivity index (χ1n) is 7.34. The second kappa shape index (κ2) is 6.52. The predicted octanol–water partition coefficient (Wildman–Crippen LogP) is 0.342. The maximum absolute atomic E-state index is 12.5. The van der Waals surface area contributed by atoms with E-state index in [0.29, 0.717) is 11.7 Å². The van der Waals surface area contributed by atoms with Gasteiger partial charge in [-0.3, -0.25) is 0 Å². The fourth-order valence-electron chi connectivity index (χ4n) is 3.13. The fraction of sp³-hybridized carbons (Fsp3) is 1.00. The largest absolute Gasteiger partial charge is 0.317 e. The zero-order chi connectivity index (χ0) is 13.9. The zero-order valence-corrected chi connectivity index (χ0v) is 13.0. The van der Waals surface area contributed by atoms with Crippen molar-refractivity contribution in [3.8, 4) is 0 Å². The van der Waals surface area contributed by atoms with Crippen molar-refractivity contribution in [2.24, 2.45) is 5.92 Å². The summed E-state index contributed by atoms with van der Waals surface area (Å²) in [6.45, 7) is 3.85. The Balaban J connectivity index is 1.93. The fourth-order valence-corrected chi connectivity index (χ4v) is 4.92. The Kier molecular flexibility index (Phi) is 5.22. The SMILES string of the molecule is CN1CCCC(N(C)S(=O)(=O)CC2CCNCC2)C1. The van der Waals surface area contributed by atoms with E-state index in [-0.39, 0.29) is 6.04 Å². The van der Waals surface area contributed by atoms with Crippen LogP contribution in [0.3, 0.4) is 0 Å². The van der Waals surface area contributed by atoms with Crippen LogP contribution < -0.4 is 5.32 Å². The van der Waals surface area contributed by atoms with E-state index in [1.54, 1.807) is 11.4 Å². The second-order valence-electron chi connectivity index (χ2n) is 6.05. The van der Waals surface area contributed by atoms with Gasteiger partial charge in [0.05, 0.1) is 5.75 Å². The summed E-state index contributed by atoms with van der Waals surface area (Å²) < 4.78 is 26.6. The molecular weight excluding hydrogens is 262 g/mol. The van der Waals surface area contributed by atoms with Gasteiger partial charge < -0.3 is 10.2 Å². The number of hydrogen-bond donors (Lipinski definition) is 1. The molecule has 0 aromatic carbocycles. The number of likely N-dealkylation sites (tertiary alicyclic amines) is 1. The molecular formula is C13H27N3O2S. The van der Waals surface area contributed by atoms with Crippen LogP contribution in [0.2, 0.25) is 0 Å². The van der Waals surface area contributed by atoms with Crippen LogP contribution in [0.4, 0.5) is 0 Å². The number of likely N-dealkylation sites (N-methyl/N-ethyl adjacent to an activating group) is 2. The average Bonchev–Trinajstić information content (AvgIpc) is 2.38. The van der Waals surface area contributed by atoms with Crippen LogP contribution in [0, 0.1) is 5.92 Å². The van der Waals surface area contributed by atoms with Crippen LogP contribution >= 0.6 is 0 Å². The minimum atomic E-state index is -3.10. The van der Waals surface area contributed by atoms with Crippen molar-refractivity contribution in [2.75, 3.05) is 46.0 Å². The summed E-state index contributed by atoms with van der Waals surface area (Å²) in [7, 11) is 0.729. The lowest BCUT2D eigenvalue weighted by atomic mass is 10.0. The molecule has 6 heteroatoms. The lowest BCUT2D eigenvalue weighted by molar-refractivity contribution is 0.187. The van der Waals surface area contributed by atoms with E-state index in [2.05, 4.69) is 17.3 Å². The molecule has 1 unspecified atom stereocenters. The number of rotatable bonds is 4. The van der Waals surface area contributed by atoms with E-state index in [0.717, 1.165) is 51.9 Å². The first-order chi connectivity index (χ1) is 8.99. The van der Waals surface area contributed by atoms with Gasteiger partial charge in [0.1, 0.15) is 0 Å². The van der Waals surface area contributed by atoms with Gasteiger partial charge in [0.15, 0.2) is 0 Å². The Hall–Kier alpha value is -0.170. The molecule has 0 bridgehead atoms. The molecule has 0 spiro atoms. The molecule has 0 saturated carbocycles. The molecule has 112 valence electrons. The molecule has 2 saturated heterocycles. The van der Waals surface area contributed by atoms with Gasteiger partial charge in [-0.1, -0.05) is 0 Å². The number of hydrogen-bond acceptors (Lipinski definition) is 4. The van der Waals surface area contributed by atoms with Gasteiger partial charge in [0, 0.05) is 19.6 Å². The molecule has 1 N–H and O–H groups in total. The van der Waals surface area contributed by atoms with Crippen molar-refractivity contribution in [2.45, 2.75) is 31.7 Å². The van der Waals surface area contributed by atoms with Crippen molar-refractivity contribution in [1.82, 2.24) is 14.5 Å². The monoisotopic (exact) mass is 289 g/mol. The number of nitrogens with zero attached hydrogens (tertiary/aromatic N) is 2. The highest BCUT2D eigenvalue weighted by Crippen LogP contribution is 2.20. The average molecular weight is 289 g/mol. The minimum absolute atomic E-state index is 0.158. The van der Waals surface area contributed by atoms with Crippen LogP contribution in [0.25, 0.3) is 0 Å². The third-order valence-electron chi connectivity index (χ3n) is 4.46. The number of piperidine rings is 2. The van der Waals surface area contributed by atoms with Gasteiger partial charge in [-0.2, -0.15) is 0 Å². The first kappa shape index (κ1) is 15.2. The molecule has 19 heavy (non-hydrogen) atoms. The van der Waals surface area contributed by atoms with Crippen LogP contribution in [-0.4, -0.2) is 69.7 Å². The molecule has 2 aliphatic heterocycles. The Morgan fingerprint density at radius 2 is 1.95 bits per heavy atom. The molecule has 0 aromatic heterocycles. The van der Waals surface area contributed by atoms with Gasteiger partial charge >= 0.3 is 0 Å². The maximum Gasteiger partial charge on any atom is 0.214 e. The van der Waals surface area contributed by atoms with Crippen molar-refractivity contribution in [1.29, 1.82) is 0 Å². The maximum atomic E-state index is 12.5. The molecule has 0 amide bonds. The van der Waals surface area contributed by atoms with Crippen LogP contribution in [-0.2, 0) is 10.0 Å². The molecule has 2 fully saturated rings. The lowest BCUT2D eigenvalue weighted by Crippen LogP contribution is -2.48. The topological polar surface area (TPSA) is 52.7 Å². The van der Waals surface area contributed by atoms with Gasteiger partial charge in [-0.05, 0) is 58.3 Å². The molecule has 0 aliphatic carbocycles. The highest BCUT2D eigenvalue weighted by molar-refractivity contribution is 7.89. The van der Waals surface area contributed by atoms with E-state index >= 15 is 0 Å². The van der Waals surface area contributed by atoms with Crippen molar-refractivity contribution in [3.05, 3.63) is 0 Å². The van der Waals surface area contributed by atoms with Crippen molar-refractivity contribution < 1.29 is 8.42 Å². The van der Waals surface area contributed by atoms with E-state index in [1.807, 2.05) is 0 Å². The standard InChI is InChI=1S/C13H27N3O2S/c1-15-9-3-4-13(10-15)16(2)19(17,18)11-12-5-7-14-8-6-12/h12-14H,3-11H2,1-2H3. The Morgan fingerprint density at radius 3 is 2.58 bits per heavy atom. The lowest BCUT2D eigenvalue weighted by Gasteiger charge is -2.36. The smallest absolute Gasteiger partial charge is 0.214 e. The van der Waals surface area contributed by atoms with Gasteiger partial charge in [0.25, 0.3) is 0 Å². The van der Waals surface area contributed by atoms with Crippen molar-refractivity contribution >= 4 is 10.0 Å². The third-order valence-corrected chi connectivity index (χ3v) is 6.53. The van der Waals surface area contributed by atoms with E-state index < -0.39 is 10.0 Å². The molecule has 5 nitrogen and oxygen atoms in total. The predicted molar refractivity (Wildman–Crippen MR) is 77.7 cm³/mol.